The van der Waals surface area contributed by atoms with Gasteiger partial charge in [0.2, 0.25) is 0 Å². The molecule has 0 aromatic heterocycles. The van der Waals surface area contributed by atoms with Crippen molar-refractivity contribution in [1.29, 1.82) is 0 Å². The maximum Gasteiger partial charge on any atom is 0.0207 e. The summed E-state index contributed by atoms with van der Waals surface area (Å²) < 4.78 is 0. The molecule has 0 aliphatic rings. The van der Waals surface area contributed by atoms with E-state index >= 15 is 0 Å². The number of hydrogen-bond acceptors (Lipinski definition) is 1. The zero-order valence-corrected chi connectivity index (χ0v) is 13.7. The van der Waals surface area contributed by atoms with E-state index in [1.54, 1.807) is 0 Å². The SMILES string of the molecule is CCc1ccc(CC)c(-c2ccc(CNC(C)C)cc2)c1. The van der Waals surface area contributed by atoms with Crippen LogP contribution in [0.3, 0.4) is 0 Å². The molecular weight excluding hydrogens is 254 g/mol. The Morgan fingerprint density at radius 1 is 0.857 bits per heavy atom. The Morgan fingerprint density at radius 3 is 2.10 bits per heavy atom. The summed E-state index contributed by atoms with van der Waals surface area (Å²) in [5.41, 5.74) is 6.90. The molecular formula is C20H27N. The van der Waals surface area contributed by atoms with Gasteiger partial charge in [0.05, 0.1) is 0 Å². The fraction of sp³-hybridized carbons (Fsp3) is 0.400. The van der Waals surface area contributed by atoms with Crippen molar-refractivity contribution in [2.45, 2.75) is 53.1 Å². The fourth-order valence-electron chi connectivity index (χ4n) is 2.54. The molecule has 1 heteroatoms. The quantitative estimate of drug-likeness (QED) is 0.787. The van der Waals surface area contributed by atoms with Gasteiger partial charge in [-0.1, -0.05) is 70.2 Å². The lowest BCUT2D eigenvalue weighted by atomic mass is 9.94. The molecule has 0 unspecified atom stereocenters. The van der Waals surface area contributed by atoms with Crippen molar-refractivity contribution < 1.29 is 0 Å². The van der Waals surface area contributed by atoms with E-state index in [2.05, 4.69) is 75.5 Å². The summed E-state index contributed by atoms with van der Waals surface area (Å²) >= 11 is 0. The van der Waals surface area contributed by atoms with Crippen LogP contribution in [0.25, 0.3) is 11.1 Å². The number of nitrogens with one attached hydrogen (secondary N) is 1. The standard InChI is InChI=1S/C20H27N/c1-5-16-7-10-18(6-2)20(13-16)19-11-8-17(9-12-19)14-21-15(3)4/h7-13,15,21H,5-6,14H2,1-4H3. The first kappa shape index (κ1) is 15.8. The number of aryl methyl sites for hydroxylation is 2. The summed E-state index contributed by atoms with van der Waals surface area (Å²) in [6, 6.07) is 16.4. The predicted octanol–water partition coefficient (Wildman–Crippen LogP) is 4.98. The van der Waals surface area contributed by atoms with Crippen molar-refractivity contribution in [1.82, 2.24) is 5.32 Å². The molecule has 0 heterocycles. The van der Waals surface area contributed by atoms with Gasteiger partial charge < -0.3 is 5.32 Å². The number of benzene rings is 2. The molecule has 2 aromatic carbocycles. The molecule has 0 aliphatic heterocycles. The van der Waals surface area contributed by atoms with Crippen molar-refractivity contribution >= 4 is 0 Å². The Balaban J connectivity index is 2.25. The molecule has 0 bridgehead atoms. The molecule has 0 amide bonds. The largest absolute Gasteiger partial charge is 0.310 e. The van der Waals surface area contributed by atoms with Crippen LogP contribution in [0.5, 0.6) is 0 Å². The van der Waals surface area contributed by atoms with Crippen LogP contribution in [0, 0.1) is 0 Å². The van der Waals surface area contributed by atoms with Gasteiger partial charge in [-0.05, 0) is 40.7 Å². The van der Waals surface area contributed by atoms with Gasteiger partial charge in [0, 0.05) is 12.6 Å². The van der Waals surface area contributed by atoms with E-state index in [0.29, 0.717) is 6.04 Å². The monoisotopic (exact) mass is 281 g/mol. The third-order valence-corrected chi connectivity index (χ3v) is 3.94. The van der Waals surface area contributed by atoms with Gasteiger partial charge >= 0.3 is 0 Å². The first-order valence-electron chi connectivity index (χ1n) is 8.08. The van der Waals surface area contributed by atoms with Crippen molar-refractivity contribution in [3.05, 3.63) is 59.2 Å². The first-order valence-corrected chi connectivity index (χ1v) is 8.08. The molecule has 1 N–H and O–H groups in total. The highest BCUT2D eigenvalue weighted by Crippen LogP contribution is 2.26. The van der Waals surface area contributed by atoms with E-state index in [1.165, 1.54) is 27.8 Å². The molecule has 0 saturated carbocycles. The Kier molecular flexibility index (Phi) is 5.58. The molecule has 0 atom stereocenters. The molecule has 0 spiro atoms. The second-order valence-electron chi connectivity index (χ2n) is 5.93. The average Bonchev–Trinajstić information content (AvgIpc) is 2.52. The highest BCUT2D eigenvalue weighted by Gasteiger charge is 2.05. The maximum atomic E-state index is 3.46. The third kappa shape index (κ3) is 4.18. The summed E-state index contributed by atoms with van der Waals surface area (Å²) in [6.45, 7) is 9.74. The summed E-state index contributed by atoms with van der Waals surface area (Å²) in [5.74, 6) is 0. The van der Waals surface area contributed by atoms with Crippen molar-refractivity contribution in [2.75, 3.05) is 0 Å². The van der Waals surface area contributed by atoms with Crippen LogP contribution < -0.4 is 5.32 Å². The van der Waals surface area contributed by atoms with Gasteiger partial charge in [-0.15, -0.1) is 0 Å². The lowest BCUT2D eigenvalue weighted by molar-refractivity contribution is 0.589. The van der Waals surface area contributed by atoms with Crippen LogP contribution >= 0.6 is 0 Å². The highest BCUT2D eigenvalue weighted by atomic mass is 14.9. The van der Waals surface area contributed by atoms with E-state index in [-0.39, 0.29) is 0 Å². The molecule has 112 valence electrons. The molecule has 0 radical (unpaired) electrons. The van der Waals surface area contributed by atoms with Crippen LogP contribution in [-0.4, -0.2) is 6.04 Å². The highest BCUT2D eigenvalue weighted by molar-refractivity contribution is 5.68. The molecule has 21 heavy (non-hydrogen) atoms. The Hall–Kier alpha value is -1.60. The van der Waals surface area contributed by atoms with Crippen LogP contribution in [0.15, 0.2) is 42.5 Å². The number of hydrogen-bond donors (Lipinski definition) is 1. The lowest BCUT2D eigenvalue weighted by Gasteiger charge is -2.12. The average molecular weight is 281 g/mol. The maximum absolute atomic E-state index is 3.46. The van der Waals surface area contributed by atoms with Crippen molar-refractivity contribution in [2.24, 2.45) is 0 Å². The molecule has 0 fully saturated rings. The van der Waals surface area contributed by atoms with Gasteiger partial charge in [0.25, 0.3) is 0 Å². The van der Waals surface area contributed by atoms with Crippen LogP contribution in [0.4, 0.5) is 0 Å². The second kappa shape index (κ2) is 7.42. The van der Waals surface area contributed by atoms with Crippen LogP contribution in [0.2, 0.25) is 0 Å². The lowest BCUT2D eigenvalue weighted by Crippen LogP contribution is -2.21. The topological polar surface area (TPSA) is 12.0 Å². The zero-order valence-electron chi connectivity index (χ0n) is 13.7. The Labute approximate surface area is 129 Å². The summed E-state index contributed by atoms with van der Waals surface area (Å²) in [4.78, 5) is 0. The van der Waals surface area contributed by atoms with Crippen molar-refractivity contribution in [3.8, 4) is 11.1 Å². The summed E-state index contributed by atoms with van der Waals surface area (Å²) in [5, 5.41) is 3.46. The normalized spacial score (nSPS) is 11.1. The van der Waals surface area contributed by atoms with Gasteiger partial charge in [-0.2, -0.15) is 0 Å². The number of rotatable bonds is 6. The Morgan fingerprint density at radius 2 is 1.52 bits per heavy atom. The van der Waals surface area contributed by atoms with Gasteiger partial charge in [0.1, 0.15) is 0 Å². The first-order chi connectivity index (χ1) is 10.1. The van der Waals surface area contributed by atoms with E-state index in [1.807, 2.05) is 0 Å². The molecule has 0 saturated heterocycles. The molecule has 1 nitrogen and oxygen atoms in total. The predicted molar refractivity (Wildman–Crippen MR) is 92.6 cm³/mol. The van der Waals surface area contributed by atoms with Crippen LogP contribution in [0.1, 0.15) is 44.4 Å². The molecule has 0 aliphatic carbocycles. The zero-order chi connectivity index (χ0) is 15.2. The van der Waals surface area contributed by atoms with Crippen molar-refractivity contribution in [3.63, 3.8) is 0 Å². The van der Waals surface area contributed by atoms with Crippen LogP contribution in [-0.2, 0) is 19.4 Å². The minimum Gasteiger partial charge on any atom is -0.310 e. The van der Waals surface area contributed by atoms with E-state index < -0.39 is 0 Å². The van der Waals surface area contributed by atoms with Gasteiger partial charge in [-0.3, -0.25) is 0 Å². The summed E-state index contributed by atoms with van der Waals surface area (Å²) in [6.07, 6.45) is 2.17. The van der Waals surface area contributed by atoms with E-state index in [9.17, 15) is 0 Å². The minimum absolute atomic E-state index is 0.526. The minimum atomic E-state index is 0.526. The van der Waals surface area contributed by atoms with Gasteiger partial charge in [-0.25, -0.2) is 0 Å². The third-order valence-electron chi connectivity index (χ3n) is 3.94. The van der Waals surface area contributed by atoms with Gasteiger partial charge in [0.15, 0.2) is 0 Å². The smallest absolute Gasteiger partial charge is 0.0207 e. The van der Waals surface area contributed by atoms with E-state index in [0.717, 1.165) is 19.4 Å². The molecule has 2 rings (SSSR count). The van der Waals surface area contributed by atoms with E-state index in [4.69, 9.17) is 0 Å². The fourth-order valence-corrected chi connectivity index (χ4v) is 2.54. The summed E-state index contributed by atoms with van der Waals surface area (Å²) in [7, 11) is 0. The molecule has 2 aromatic rings. The Bertz CT molecular complexity index is 567. The second-order valence-corrected chi connectivity index (χ2v) is 5.93.